The molecule has 0 fully saturated rings. The topological polar surface area (TPSA) is 34.1 Å². The highest BCUT2D eigenvalue weighted by atomic mass is 32.2. The molecule has 0 spiro atoms. The molecular formula is C17H18O2S2. The molecule has 0 heterocycles. The van der Waals surface area contributed by atoms with E-state index < -0.39 is 15.5 Å². The molecule has 0 aliphatic carbocycles. The number of ketones is 1. The van der Waals surface area contributed by atoms with E-state index in [1.165, 1.54) is 0 Å². The third-order valence-corrected chi connectivity index (χ3v) is 5.88. The molecule has 4 heteroatoms. The van der Waals surface area contributed by atoms with Gasteiger partial charge in [0.15, 0.2) is 5.78 Å². The van der Waals surface area contributed by atoms with Gasteiger partial charge in [-0.3, -0.25) is 9.00 Å². The fourth-order valence-electron chi connectivity index (χ4n) is 2.01. The van der Waals surface area contributed by atoms with Crippen molar-refractivity contribution in [2.24, 2.45) is 0 Å². The quantitative estimate of drug-likeness (QED) is 0.613. The maximum atomic E-state index is 12.7. The fraction of sp³-hybridized carbons (Fsp3) is 0.235. The number of carbonyl (C=O) groups is 1. The Kier molecular flexibility index (Phi) is 5.01. The molecule has 21 heavy (non-hydrogen) atoms. The summed E-state index contributed by atoms with van der Waals surface area (Å²) in [4.78, 5) is 14.5. The molecule has 1 atom stereocenters. The van der Waals surface area contributed by atoms with Crippen LogP contribution in [0.1, 0.15) is 24.2 Å². The third kappa shape index (κ3) is 3.44. The molecule has 2 aromatic carbocycles. The van der Waals surface area contributed by atoms with Gasteiger partial charge in [0.05, 0.1) is 10.8 Å². The Balaban J connectivity index is 2.29. The lowest BCUT2D eigenvalue weighted by atomic mass is 10.0. The second kappa shape index (κ2) is 6.58. The summed E-state index contributed by atoms with van der Waals surface area (Å²) >= 11 is 1.63. The minimum atomic E-state index is -1.39. The van der Waals surface area contributed by atoms with Crippen molar-refractivity contribution in [2.45, 2.75) is 28.4 Å². The van der Waals surface area contributed by atoms with Crippen LogP contribution in [0.25, 0.3) is 0 Å². The summed E-state index contributed by atoms with van der Waals surface area (Å²) in [7, 11) is -1.39. The van der Waals surface area contributed by atoms with Crippen LogP contribution < -0.4 is 0 Å². The molecule has 0 aliphatic rings. The second-order valence-electron chi connectivity index (χ2n) is 5.15. The molecule has 0 amide bonds. The Morgan fingerprint density at radius 2 is 1.57 bits per heavy atom. The Bertz CT molecular complexity index is 646. The second-order valence-corrected chi connectivity index (χ2v) is 8.06. The lowest BCUT2D eigenvalue weighted by Gasteiger charge is -2.22. The van der Waals surface area contributed by atoms with Crippen LogP contribution in [0.4, 0.5) is 0 Å². The van der Waals surface area contributed by atoms with E-state index in [9.17, 15) is 9.00 Å². The predicted octanol–water partition coefficient (Wildman–Crippen LogP) is 4.18. The molecule has 2 rings (SSSR count). The number of hydrogen-bond acceptors (Lipinski definition) is 3. The smallest absolute Gasteiger partial charge is 0.181 e. The molecule has 0 saturated carbocycles. The standard InChI is InChI=1S/C17H18O2S2/c1-17(2,21(19)15-7-5-4-6-8-15)16(18)13-9-11-14(20-3)12-10-13/h4-12H,1-3H3. The number of benzene rings is 2. The largest absolute Gasteiger partial charge is 0.293 e. The van der Waals surface area contributed by atoms with Crippen molar-refractivity contribution in [3.05, 3.63) is 60.2 Å². The molecule has 1 unspecified atom stereocenters. The zero-order valence-electron chi connectivity index (χ0n) is 12.3. The summed E-state index contributed by atoms with van der Waals surface area (Å²) in [5.74, 6) is -0.0997. The fourth-order valence-corrected chi connectivity index (χ4v) is 3.70. The first kappa shape index (κ1) is 16.0. The summed E-state index contributed by atoms with van der Waals surface area (Å²) in [5, 5.41) is 0. The Morgan fingerprint density at radius 3 is 2.10 bits per heavy atom. The minimum Gasteiger partial charge on any atom is -0.293 e. The van der Waals surface area contributed by atoms with Crippen molar-refractivity contribution in [1.82, 2.24) is 0 Å². The predicted molar refractivity (Wildman–Crippen MR) is 89.5 cm³/mol. The van der Waals surface area contributed by atoms with Crippen LogP contribution in [-0.4, -0.2) is 21.0 Å². The molecule has 0 radical (unpaired) electrons. The highest BCUT2D eigenvalue weighted by molar-refractivity contribution is 7.98. The maximum Gasteiger partial charge on any atom is 0.181 e. The van der Waals surface area contributed by atoms with Gasteiger partial charge in [-0.1, -0.05) is 30.3 Å². The molecule has 0 aliphatic heterocycles. The van der Waals surface area contributed by atoms with Crippen molar-refractivity contribution in [3.8, 4) is 0 Å². The Morgan fingerprint density at radius 1 is 1.00 bits per heavy atom. The summed E-state index contributed by atoms with van der Waals surface area (Å²) in [6, 6.07) is 16.6. The van der Waals surface area contributed by atoms with E-state index in [-0.39, 0.29) is 5.78 Å². The van der Waals surface area contributed by atoms with E-state index in [2.05, 4.69) is 0 Å². The average molecular weight is 318 g/mol. The minimum absolute atomic E-state index is 0.0997. The molecular weight excluding hydrogens is 300 g/mol. The first-order valence-electron chi connectivity index (χ1n) is 6.62. The first-order valence-corrected chi connectivity index (χ1v) is 9.00. The van der Waals surface area contributed by atoms with Gasteiger partial charge in [-0.2, -0.15) is 0 Å². The Labute approximate surface area is 132 Å². The van der Waals surface area contributed by atoms with E-state index in [0.29, 0.717) is 10.5 Å². The maximum absolute atomic E-state index is 12.7. The van der Waals surface area contributed by atoms with Crippen LogP contribution in [0.5, 0.6) is 0 Å². The Hall–Kier alpha value is -1.39. The van der Waals surface area contributed by atoms with Gasteiger partial charge in [0.1, 0.15) is 4.75 Å². The zero-order chi connectivity index (χ0) is 15.5. The number of hydrogen-bond donors (Lipinski definition) is 0. The summed E-state index contributed by atoms with van der Waals surface area (Å²) < 4.78 is 11.7. The van der Waals surface area contributed by atoms with Crippen LogP contribution in [0.15, 0.2) is 64.4 Å². The van der Waals surface area contributed by atoms with Crippen molar-refractivity contribution in [1.29, 1.82) is 0 Å². The monoisotopic (exact) mass is 318 g/mol. The first-order chi connectivity index (χ1) is 9.96. The van der Waals surface area contributed by atoms with Crippen molar-refractivity contribution >= 4 is 28.3 Å². The van der Waals surface area contributed by atoms with Crippen LogP contribution in [0.3, 0.4) is 0 Å². The van der Waals surface area contributed by atoms with Crippen molar-refractivity contribution in [3.63, 3.8) is 0 Å². The van der Waals surface area contributed by atoms with Crippen LogP contribution in [-0.2, 0) is 10.8 Å². The zero-order valence-corrected chi connectivity index (χ0v) is 14.0. The molecule has 0 saturated heterocycles. The van der Waals surface area contributed by atoms with E-state index in [1.807, 2.05) is 36.6 Å². The van der Waals surface area contributed by atoms with E-state index in [4.69, 9.17) is 0 Å². The lowest BCUT2D eigenvalue weighted by molar-refractivity contribution is 0.0956. The normalized spacial score (nSPS) is 12.9. The lowest BCUT2D eigenvalue weighted by Crippen LogP contribution is -2.36. The summed E-state index contributed by atoms with van der Waals surface area (Å²) in [6.45, 7) is 3.47. The van der Waals surface area contributed by atoms with Gasteiger partial charge in [0.2, 0.25) is 0 Å². The van der Waals surface area contributed by atoms with Crippen LogP contribution in [0.2, 0.25) is 0 Å². The molecule has 2 nitrogen and oxygen atoms in total. The molecule has 110 valence electrons. The van der Waals surface area contributed by atoms with Gasteiger partial charge in [-0.25, -0.2) is 0 Å². The van der Waals surface area contributed by atoms with E-state index >= 15 is 0 Å². The highest BCUT2D eigenvalue weighted by Crippen LogP contribution is 2.26. The van der Waals surface area contributed by atoms with Crippen molar-refractivity contribution < 1.29 is 9.00 Å². The molecule has 0 bridgehead atoms. The van der Waals surface area contributed by atoms with E-state index in [0.717, 1.165) is 4.90 Å². The summed E-state index contributed by atoms with van der Waals surface area (Å²) in [5.41, 5.74) is 0.599. The van der Waals surface area contributed by atoms with Crippen LogP contribution >= 0.6 is 11.8 Å². The third-order valence-electron chi connectivity index (χ3n) is 3.32. The molecule has 0 N–H and O–H groups in total. The van der Waals surface area contributed by atoms with Gasteiger partial charge < -0.3 is 0 Å². The van der Waals surface area contributed by atoms with Crippen molar-refractivity contribution in [2.75, 3.05) is 6.26 Å². The van der Waals surface area contributed by atoms with Gasteiger partial charge in [-0.05, 0) is 44.4 Å². The molecule has 0 aromatic heterocycles. The average Bonchev–Trinajstić information content (AvgIpc) is 2.54. The number of carbonyl (C=O) groups excluding carboxylic acids is 1. The number of rotatable bonds is 5. The van der Waals surface area contributed by atoms with Gasteiger partial charge in [0, 0.05) is 15.4 Å². The van der Waals surface area contributed by atoms with Crippen LogP contribution in [0, 0.1) is 0 Å². The summed E-state index contributed by atoms with van der Waals surface area (Å²) in [6.07, 6.45) is 1.99. The van der Waals surface area contributed by atoms with Gasteiger partial charge in [0.25, 0.3) is 0 Å². The highest BCUT2D eigenvalue weighted by Gasteiger charge is 2.35. The van der Waals surface area contributed by atoms with Gasteiger partial charge in [-0.15, -0.1) is 11.8 Å². The number of Topliss-reactive ketones (excluding diaryl/α,β-unsaturated/α-hetero) is 1. The van der Waals surface area contributed by atoms with Gasteiger partial charge >= 0.3 is 0 Å². The van der Waals surface area contributed by atoms with E-state index in [1.54, 1.807) is 49.9 Å². The number of thioether (sulfide) groups is 1. The molecule has 2 aromatic rings. The SMILES string of the molecule is CSc1ccc(C(=O)C(C)(C)S(=O)c2ccccc2)cc1.